The normalized spacial score (nSPS) is 11.0. The lowest BCUT2D eigenvalue weighted by molar-refractivity contribution is -0.111. The molecule has 0 bridgehead atoms. The molecule has 29 heavy (non-hydrogen) atoms. The summed E-state index contributed by atoms with van der Waals surface area (Å²) in [6.07, 6.45) is 4.86. The standard InChI is InChI=1S/C21H15Cl3N4O/c1-3-19(29)26-13-4-12-7-17(11-5-15(22)20(24)16(23)6-11)27-21(12)14(8-13)18-9-28(2)10-25-18/h3-10,27H,1H2,2H3,(H,26,29). The molecule has 0 aliphatic heterocycles. The molecular weight excluding hydrogens is 431 g/mol. The third-order valence-corrected chi connectivity index (χ3v) is 5.65. The van der Waals surface area contributed by atoms with Crippen LogP contribution in [-0.2, 0) is 11.8 Å². The second-order valence-corrected chi connectivity index (χ2v) is 7.74. The molecule has 0 aliphatic rings. The molecule has 2 aromatic carbocycles. The number of nitrogens with zero attached hydrogens (tertiary/aromatic N) is 2. The number of halogens is 3. The summed E-state index contributed by atoms with van der Waals surface area (Å²) in [5.74, 6) is -0.289. The Bertz CT molecular complexity index is 1250. The van der Waals surface area contributed by atoms with Crippen molar-refractivity contribution in [3.05, 3.63) is 70.6 Å². The third-order valence-electron chi connectivity index (χ3n) is 4.46. The quantitative estimate of drug-likeness (QED) is 0.285. The topological polar surface area (TPSA) is 62.7 Å². The van der Waals surface area contributed by atoms with E-state index in [1.807, 2.05) is 36.0 Å². The van der Waals surface area contributed by atoms with Gasteiger partial charge in [-0.2, -0.15) is 0 Å². The summed E-state index contributed by atoms with van der Waals surface area (Å²) in [4.78, 5) is 19.7. The maximum Gasteiger partial charge on any atom is 0.247 e. The highest BCUT2D eigenvalue weighted by Gasteiger charge is 2.15. The fraction of sp³-hybridized carbons (Fsp3) is 0.0476. The SMILES string of the molecule is C=CC(=O)Nc1cc(-c2cn(C)cn2)c2[nH]c(-c3cc(Cl)c(Cl)c(Cl)c3)cc2c1. The van der Waals surface area contributed by atoms with E-state index in [0.717, 1.165) is 33.4 Å². The molecule has 4 aromatic rings. The van der Waals surface area contributed by atoms with Crippen LogP contribution in [-0.4, -0.2) is 20.4 Å². The molecule has 2 aromatic heterocycles. The highest BCUT2D eigenvalue weighted by Crippen LogP contribution is 2.38. The maximum atomic E-state index is 11.8. The van der Waals surface area contributed by atoms with Crippen molar-refractivity contribution in [2.75, 3.05) is 5.32 Å². The van der Waals surface area contributed by atoms with Crippen LogP contribution in [0.25, 0.3) is 33.4 Å². The zero-order valence-electron chi connectivity index (χ0n) is 15.3. The maximum absolute atomic E-state index is 11.8. The van der Waals surface area contributed by atoms with Crippen molar-refractivity contribution in [2.24, 2.45) is 7.05 Å². The molecule has 5 nitrogen and oxygen atoms in total. The number of H-pyrrole nitrogens is 1. The molecule has 0 atom stereocenters. The van der Waals surface area contributed by atoms with Gasteiger partial charge in [0.25, 0.3) is 0 Å². The van der Waals surface area contributed by atoms with Crippen molar-refractivity contribution >= 4 is 57.3 Å². The minimum absolute atomic E-state index is 0.289. The number of aromatic nitrogens is 3. The number of amides is 1. The summed E-state index contributed by atoms with van der Waals surface area (Å²) in [6, 6.07) is 9.21. The van der Waals surface area contributed by atoms with Crippen LogP contribution in [0.4, 0.5) is 5.69 Å². The van der Waals surface area contributed by atoms with Gasteiger partial charge in [-0.25, -0.2) is 4.98 Å². The van der Waals surface area contributed by atoms with Gasteiger partial charge in [0.1, 0.15) is 0 Å². The van der Waals surface area contributed by atoms with Crippen molar-refractivity contribution in [2.45, 2.75) is 0 Å². The molecule has 1 amide bonds. The molecule has 2 heterocycles. The van der Waals surface area contributed by atoms with E-state index >= 15 is 0 Å². The summed E-state index contributed by atoms with van der Waals surface area (Å²) >= 11 is 18.5. The van der Waals surface area contributed by atoms with E-state index in [1.165, 1.54) is 6.08 Å². The molecule has 4 rings (SSSR count). The molecule has 0 spiro atoms. The number of aryl methyl sites for hydroxylation is 1. The number of benzene rings is 2. The van der Waals surface area contributed by atoms with Gasteiger partial charge >= 0.3 is 0 Å². The number of fused-ring (bicyclic) bond motifs is 1. The van der Waals surface area contributed by atoms with Gasteiger partial charge in [0.15, 0.2) is 0 Å². The summed E-state index contributed by atoms with van der Waals surface area (Å²) < 4.78 is 1.86. The molecule has 0 aliphatic carbocycles. The van der Waals surface area contributed by atoms with E-state index in [2.05, 4.69) is 21.9 Å². The fourth-order valence-electron chi connectivity index (χ4n) is 3.13. The van der Waals surface area contributed by atoms with Crippen LogP contribution in [0.1, 0.15) is 0 Å². The summed E-state index contributed by atoms with van der Waals surface area (Å²) in [7, 11) is 1.90. The Labute approximate surface area is 181 Å². The largest absolute Gasteiger partial charge is 0.354 e. The van der Waals surface area contributed by atoms with E-state index < -0.39 is 0 Å². The number of hydrogen-bond acceptors (Lipinski definition) is 2. The second kappa shape index (κ2) is 7.59. The number of rotatable bonds is 4. The van der Waals surface area contributed by atoms with E-state index in [1.54, 1.807) is 18.5 Å². The lowest BCUT2D eigenvalue weighted by Crippen LogP contribution is -2.07. The first kappa shape index (κ1) is 19.6. The van der Waals surface area contributed by atoms with Gasteiger partial charge < -0.3 is 14.9 Å². The predicted octanol–water partition coefficient (Wildman–Crippen LogP) is 6.32. The third kappa shape index (κ3) is 3.77. The van der Waals surface area contributed by atoms with Gasteiger partial charge in [-0.05, 0) is 36.4 Å². The molecule has 2 N–H and O–H groups in total. The van der Waals surface area contributed by atoms with Gasteiger partial charge in [0, 0.05) is 41.1 Å². The Morgan fingerprint density at radius 1 is 1.17 bits per heavy atom. The molecule has 0 saturated heterocycles. The Morgan fingerprint density at radius 2 is 1.90 bits per heavy atom. The molecular formula is C21H15Cl3N4O. The zero-order valence-corrected chi connectivity index (χ0v) is 17.5. The van der Waals surface area contributed by atoms with Gasteiger partial charge in [0.05, 0.1) is 32.6 Å². The summed E-state index contributed by atoms with van der Waals surface area (Å²) in [6.45, 7) is 3.50. The first-order valence-electron chi connectivity index (χ1n) is 8.59. The number of aromatic amines is 1. The van der Waals surface area contributed by atoms with Gasteiger partial charge in [-0.3, -0.25) is 4.79 Å². The first-order valence-corrected chi connectivity index (χ1v) is 9.72. The summed E-state index contributed by atoms with van der Waals surface area (Å²) in [5.41, 5.74) is 4.74. The van der Waals surface area contributed by atoms with Crippen molar-refractivity contribution in [3.63, 3.8) is 0 Å². The first-order chi connectivity index (χ1) is 13.9. The number of carbonyl (C=O) groups excluding carboxylic acids is 1. The molecule has 0 unspecified atom stereocenters. The van der Waals surface area contributed by atoms with Gasteiger partial charge in [0.2, 0.25) is 5.91 Å². The number of nitrogens with one attached hydrogen (secondary N) is 2. The Balaban J connectivity index is 1.92. The lowest BCUT2D eigenvalue weighted by atomic mass is 10.1. The number of hydrogen-bond donors (Lipinski definition) is 2. The van der Waals surface area contributed by atoms with Gasteiger partial charge in [-0.1, -0.05) is 41.4 Å². The monoisotopic (exact) mass is 444 g/mol. The summed E-state index contributed by atoms with van der Waals surface area (Å²) in [5, 5.41) is 4.76. The fourth-order valence-corrected chi connectivity index (χ4v) is 3.73. The van der Waals surface area contributed by atoms with Crippen molar-refractivity contribution < 1.29 is 4.79 Å². The minimum Gasteiger partial charge on any atom is -0.354 e. The average molecular weight is 446 g/mol. The van der Waals surface area contributed by atoms with E-state index in [4.69, 9.17) is 34.8 Å². The van der Waals surface area contributed by atoms with Crippen LogP contribution in [0.2, 0.25) is 15.1 Å². The van der Waals surface area contributed by atoms with Crippen LogP contribution < -0.4 is 5.32 Å². The highest BCUT2D eigenvalue weighted by molar-refractivity contribution is 6.48. The van der Waals surface area contributed by atoms with Crippen LogP contribution in [0.15, 0.2) is 55.5 Å². The van der Waals surface area contributed by atoms with Crippen LogP contribution in [0, 0.1) is 0 Å². The molecule has 8 heteroatoms. The van der Waals surface area contributed by atoms with Crippen LogP contribution in [0.5, 0.6) is 0 Å². The van der Waals surface area contributed by atoms with E-state index in [9.17, 15) is 4.79 Å². The van der Waals surface area contributed by atoms with Crippen molar-refractivity contribution in [1.29, 1.82) is 0 Å². The van der Waals surface area contributed by atoms with Gasteiger partial charge in [-0.15, -0.1) is 0 Å². The van der Waals surface area contributed by atoms with Crippen molar-refractivity contribution in [1.82, 2.24) is 14.5 Å². The Hall–Kier alpha value is -2.73. The molecule has 0 fully saturated rings. The highest BCUT2D eigenvalue weighted by atomic mass is 35.5. The van der Waals surface area contributed by atoms with Crippen molar-refractivity contribution in [3.8, 4) is 22.5 Å². The number of carbonyl (C=O) groups is 1. The minimum atomic E-state index is -0.289. The Morgan fingerprint density at radius 3 is 2.52 bits per heavy atom. The average Bonchev–Trinajstić information content (AvgIpc) is 3.31. The number of imidazole rings is 1. The Kier molecular flexibility index (Phi) is 5.13. The second-order valence-electron chi connectivity index (χ2n) is 6.54. The zero-order chi connectivity index (χ0) is 20.7. The molecule has 146 valence electrons. The smallest absolute Gasteiger partial charge is 0.247 e. The lowest BCUT2D eigenvalue weighted by Gasteiger charge is -2.07. The number of anilines is 1. The van der Waals surface area contributed by atoms with Crippen LogP contribution >= 0.6 is 34.8 Å². The predicted molar refractivity (Wildman–Crippen MR) is 120 cm³/mol. The van der Waals surface area contributed by atoms with E-state index in [-0.39, 0.29) is 5.91 Å². The van der Waals surface area contributed by atoms with E-state index in [0.29, 0.717) is 20.8 Å². The molecule has 0 saturated carbocycles. The molecule has 0 radical (unpaired) electrons. The van der Waals surface area contributed by atoms with Crippen LogP contribution in [0.3, 0.4) is 0 Å².